The molecule has 2 heterocycles. The minimum absolute atomic E-state index is 0.0475. The highest BCUT2D eigenvalue weighted by Gasteiger charge is 2.37. The lowest BCUT2D eigenvalue weighted by Gasteiger charge is -2.41. The molecule has 31 heavy (non-hydrogen) atoms. The third-order valence-corrected chi connectivity index (χ3v) is 5.55. The average Bonchev–Trinajstić information content (AvgIpc) is 2.80. The van der Waals surface area contributed by atoms with Gasteiger partial charge in [-0.15, -0.1) is 0 Å². The number of aliphatic hydroxyl groups is 1. The molecule has 1 saturated heterocycles. The average molecular weight is 422 g/mol. The molecule has 1 aliphatic rings. The number of ether oxygens (including phenoxy) is 1. The molecule has 0 radical (unpaired) electrons. The largest absolute Gasteiger partial charge is 0.394 e. The Bertz CT molecular complexity index is 1130. The van der Waals surface area contributed by atoms with Crippen LogP contribution in [-0.2, 0) is 4.74 Å². The fourth-order valence-electron chi connectivity index (χ4n) is 3.99. The molecule has 0 bridgehead atoms. The molecule has 1 aliphatic heterocycles. The number of benzene rings is 2. The number of aromatic nitrogens is 1. The molecule has 7 heteroatoms. The van der Waals surface area contributed by atoms with E-state index in [1.54, 1.807) is 24.1 Å². The van der Waals surface area contributed by atoms with Crippen LogP contribution >= 0.6 is 0 Å². The molecule has 0 unspecified atom stereocenters. The third kappa shape index (κ3) is 4.02. The summed E-state index contributed by atoms with van der Waals surface area (Å²) < 4.78 is 20.4. The molecule has 6 nitrogen and oxygen atoms in total. The zero-order valence-electron chi connectivity index (χ0n) is 17.1. The van der Waals surface area contributed by atoms with Gasteiger partial charge < -0.3 is 14.7 Å². The van der Waals surface area contributed by atoms with E-state index in [0.29, 0.717) is 17.8 Å². The Hall–Kier alpha value is -3.29. The zero-order chi connectivity index (χ0) is 22.0. The van der Waals surface area contributed by atoms with Crippen LogP contribution in [0.25, 0.3) is 5.69 Å². The van der Waals surface area contributed by atoms with Crippen LogP contribution in [0.4, 0.5) is 4.39 Å². The number of carbonyl (C=O) groups excluding carboxylic acids is 1. The molecule has 1 amide bonds. The van der Waals surface area contributed by atoms with Crippen molar-refractivity contribution in [3.8, 4) is 5.69 Å². The number of amides is 1. The van der Waals surface area contributed by atoms with Crippen LogP contribution in [0.5, 0.6) is 0 Å². The Morgan fingerprint density at radius 2 is 1.84 bits per heavy atom. The molecule has 0 spiro atoms. The van der Waals surface area contributed by atoms with Crippen LogP contribution in [-0.4, -0.2) is 46.3 Å². The fourth-order valence-corrected chi connectivity index (χ4v) is 3.99. The van der Waals surface area contributed by atoms with Gasteiger partial charge in [-0.2, -0.15) is 0 Å². The molecule has 2 aromatic carbocycles. The Morgan fingerprint density at radius 3 is 2.52 bits per heavy atom. The maximum Gasteiger partial charge on any atom is 0.268 e. The van der Waals surface area contributed by atoms with Crippen molar-refractivity contribution in [3.63, 3.8) is 0 Å². The first-order valence-electron chi connectivity index (χ1n) is 10.1. The van der Waals surface area contributed by atoms with Crippen LogP contribution in [0.1, 0.15) is 27.5 Å². The van der Waals surface area contributed by atoms with E-state index in [0.717, 1.165) is 5.56 Å². The summed E-state index contributed by atoms with van der Waals surface area (Å²) in [7, 11) is 0. The zero-order valence-corrected chi connectivity index (χ0v) is 17.1. The lowest BCUT2D eigenvalue weighted by Crippen LogP contribution is -2.50. The number of hydrogen-bond donors (Lipinski definition) is 1. The maximum atomic E-state index is 13.6. The molecule has 160 valence electrons. The second kappa shape index (κ2) is 8.83. The quantitative estimate of drug-likeness (QED) is 0.702. The SMILES string of the molecule is Cc1ccn(-c2ccc(F)cc2)c(=O)c1C(=O)N1CCO[C@@H](CO)[C@@H]1c1ccccc1. The standard InChI is InChI=1S/C24H23FN2O4/c1-16-11-12-26(19-9-7-18(25)8-10-19)23(29)21(16)24(30)27-13-14-31-20(15-28)22(27)17-5-3-2-4-6-17/h2-12,20,22,28H,13-15H2,1H3/t20-,22-/m0/s1. The van der Waals surface area contributed by atoms with Crippen molar-refractivity contribution in [3.05, 3.63) is 99.7 Å². The van der Waals surface area contributed by atoms with E-state index in [2.05, 4.69) is 0 Å². The van der Waals surface area contributed by atoms with Gasteiger partial charge in [-0.25, -0.2) is 4.39 Å². The Balaban J connectivity index is 1.78. The lowest BCUT2D eigenvalue weighted by atomic mass is 9.97. The molecule has 1 fully saturated rings. The summed E-state index contributed by atoms with van der Waals surface area (Å²) in [6, 6.07) is 16.0. The molecule has 2 atom stereocenters. The van der Waals surface area contributed by atoms with Gasteiger partial charge in [-0.05, 0) is 48.4 Å². The van der Waals surface area contributed by atoms with Crippen molar-refractivity contribution in [2.45, 2.75) is 19.1 Å². The van der Waals surface area contributed by atoms with Gasteiger partial charge in [0.15, 0.2) is 0 Å². The number of hydrogen-bond acceptors (Lipinski definition) is 4. The molecule has 0 saturated carbocycles. The van der Waals surface area contributed by atoms with Crippen LogP contribution in [0.15, 0.2) is 71.7 Å². The first kappa shape index (κ1) is 21.0. The summed E-state index contributed by atoms with van der Waals surface area (Å²) in [5.74, 6) is -0.830. The van der Waals surface area contributed by atoms with Gasteiger partial charge in [-0.1, -0.05) is 30.3 Å². The van der Waals surface area contributed by atoms with E-state index >= 15 is 0 Å². The van der Waals surface area contributed by atoms with Crippen molar-refractivity contribution in [2.24, 2.45) is 0 Å². The molecule has 0 aliphatic carbocycles. The number of morpholine rings is 1. The van der Waals surface area contributed by atoms with E-state index in [1.165, 1.54) is 28.8 Å². The second-order valence-corrected chi connectivity index (χ2v) is 7.47. The Morgan fingerprint density at radius 1 is 1.13 bits per heavy atom. The van der Waals surface area contributed by atoms with Crippen molar-refractivity contribution < 1.29 is 19.0 Å². The number of pyridine rings is 1. The first-order chi connectivity index (χ1) is 15.0. The van der Waals surface area contributed by atoms with E-state index in [1.807, 2.05) is 30.3 Å². The monoisotopic (exact) mass is 422 g/mol. The predicted molar refractivity (Wildman–Crippen MR) is 114 cm³/mol. The summed E-state index contributed by atoms with van der Waals surface area (Å²) >= 11 is 0. The molecule has 4 rings (SSSR count). The minimum atomic E-state index is -0.594. The van der Waals surface area contributed by atoms with Crippen molar-refractivity contribution >= 4 is 5.91 Å². The van der Waals surface area contributed by atoms with E-state index in [9.17, 15) is 19.1 Å². The summed E-state index contributed by atoms with van der Waals surface area (Å²) in [5, 5.41) is 9.86. The predicted octanol–water partition coefficient (Wildman–Crippen LogP) is 2.86. The lowest BCUT2D eigenvalue weighted by molar-refractivity contribution is -0.0812. The van der Waals surface area contributed by atoms with Gasteiger partial charge >= 0.3 is 0 Å². The second-order valence-electron chi connectivity index (χ2n) is 7.47. The normalized spacial score (nSPS) is 18.7. The molecular weight excluding hydrogens is 399 g/mol. The molecule has 3 aromatic rings. The number of nitrogens with zero attached hydrogens (tertiary/aromatic N) is 2. The number of aryl methyl sites for hydroxylation is 1. The molecule has 1 aromatic heterocycles. The van der Waals surface area contributed by atoms with Crippen molar-refractivity contribution in [2.75, 3.05) is 19.8 Å². The van der Waals surface area contributed by atoms with E-state index < -0.39 is 29.4 Å². The third-order valence-electron chi connectivity index (χ3n) is 5.55. The highest BCUT2D eigenvalue weighted by Crippen LogP contribution is 2.31. The Labute approximate surface area is 179 Å². The first-order valence-corrected chi connectivity index (χ1v) is 10.1. The summed E-state index contributed by atoms with van der Waals surface area (Å²) in [6.45, 7) is 2.01. The highest BCUT2D eigenvalue weighted by molar-refractivity contribution is 5.95. The van der Waals surface area contributed by atoms with Crippen LogP contribution in [0.3, 0.4) is 0 Å². The number of aliphatic hydroxyl groups excluding tert-OH is 1. The van der Waals surface area contributed by atoms with Gasteiger partial charge in [0.25, 0.3) is 11.5 Å². The van der Waals surface area contributed by atoms with Gasteiger partial charge in [0.1, 0.15) is 17.5 Å². The number of carbonyl (C=O) groups is 1. The van der Waals surface area contributed by atoms with Crippen molar-refractivity contribution in [1.82, 2.24) is 9.47 Å². The number of rotatable bonds is 4. The highest BCUT2D eigenvalue weighted by atomic mass is 19.1. The molecular formula is C24H23FN2O4. The van der Waals surface area contributed by atoms with Gasteiger partial charge in [0.05, 0.1) is 19.3 Å². The smallest absolute Gasteiger partial charge is 0.268 e. The number of halogens is 1. The van der Waals surface area contributed by atoms with Gasteiger partial charge in [-0.3, -0.25) is 14.2 Å². The van der Waals surface area contributed by atoms with Crippen LogP contribution in [0.2, 0.25) is 0 Å². The van der Waals surface area contributed by atoms with E-state index in [-0.39, 0.29) is 18.8 Å². The van der Waals surface area contributed by atoms with Crippen molar-refractivity contribution in [1.29, 1.82) is 0 Å². The van der Waals surface area contributed by atoms with Crippen LogP contribution in [0, 0.1) is 12.7 Å². The van der Waals surface area contributed by atoms with Gasteiger partial charge in [0, 0.05) is 18.4 Å². The topological polar surface area (TPSA) is 71.8 Å². The Kier molecular flexibility index (Phi) is 5.97. The maximum absolute atomic E-state index is 13.6. The summed E-state index contributed by atoms with van der Waals surface area (Å²) in [4.78, 5) is 28.5. The molecule has 1 N–H and O–H groups in total. The minimum Gasteiger partial charge on any atom is -0.394 e. The summed E-state index contributed by atoms with van der Waals surface area (Å²) in [6.07, 6.45) is 0.982. The van der Waals surface area contributed by atoms with Gasteiger partial charge in [0.2, 0.25) is 0 Å². The fraction of sp³-hybridized carbons (Fsp3) is 0.250. The van der Waals surface area contributed by atoms with Crippen LogP contribution < -0.4 is 5.56 Å². The van der Waals surface area contributed by atoms with E-state index in [4.69, 9.17) is 4.74 Å². The summed E-state index contributed by atoms with van der Waals surface area (Å²) in [5.41, 5.74) is 1.41.